The summed E-state index contributed by atoms with van der Waals surface area (Å²) in [6.45, 7) is 0. The average molecular weight is 291 g/mol. The zero-order valence-electron chi connectivity index (χ0n) is 13.5. The van der Waals surface area contributed by atoms with E-state index < -0.39 is 0 Å². The molecule has 0 aliphatic rings. The molecule has 112 valence electrons. The van der Waals surface area contributed by atoms with Crippen LogP contribution in [0.5, 0.6) is 0 Å². The number of aliphatic imine (C=N–C) groups is 1. The zero-order chi connectivity index (χ0) is 15.9. The van der Waals surface area contributed by atoms with Crippen molar-refractivity contribution in [2.75, 3.05) is 28.2 Å². The molecule has 22 heavy (non-hydrogen) atoms. The largest absolute Gasteiger partial charge is 0.349 e. The lowest BCUT2D eigenvalue weighted by molar-refractivity contribution is 0.484. The van der Waals surface area contributed by atoms with Gasteiger partial charge in [-0.2, -0.15) is 0 Å². The number of para-hydroxylation sites is 1. The average Bonchev–Trinajstić information content (AvgIpc) is 2.52. The van der Waals surface area contributed by atoms with Crippen molar-refractivity contribution in [3.05, 3.63) is 65.7 Å². The molecule has 0 spiro atoms. The van der Waals surface area contributed by atoms with Crippen LogP contribution in [-0.4, -0.2) is 44.0 Å². The van der Waals surface area contributed by atoms with Gasteiger partial charge in [-0.15, -0.1) is 0 Å². The van der Waals surface area contributed by atoms with E-state index in [1.54, 1.807) is 0 Å². The summed E-state index contributed by atoms with van der Waals surface area (Å²) < 4.78 is 0. The SMILES string of the molecule is CN(C)C(=Nc1ccccc1C#Cc1ccccc1)N(C)C. The van der Waals surface area contributed by atoms with E-state index in [2.05, 4.69) is 11.8 Å². The van der Waals surface area contributed by atoms with Crippen LogP contribution in [0.1, 0.15) is 11.1 Å². The molecule has 0 aliphatic carbocycles. The Hall–Kier alpha value is -2.73. The summed E-state index contributed by atoms with van der Waals surface area (Å²) in [5, 5.41) is 0. The van der Waals surface area contributed by atoms with Crippen LogP contribution >= 0.6 is 0 Å². The fourth-order valence-corrected chi connectivity index (χ4v) is 2.05. The monoisotopic (exact) mass is 291 g/mol. The highest BCUT2D eigenvalue weighted by Gasteiger charge is 2.06. The van der Waals surface area contributed by atoms with Gasteiger partial charge in [-0.25, -0.2) is 4.99 Å². The molecule has 0 atom stereocenters. The van der Waals surface area contributed by atoms with Gasteiger partial charge >= 0.3 is 0 Å². The third kappa shape index (κ3) is 4.13. The molecule has 0 heterocycles. The first kappa shape index (κ1) is 15.7. The molecule has 0 amide bonds. The van der Waals surface area contributed by atoms with Gasteiger partial charge in [0.15, 0.2) is 0 Å². The van der Waals surface area contributed by atoms with Crippen molar-refractivity contribution in [1.29, 1.82) is 0 Å². The molecule has 2 rings (SSSR count). The van der Waals surface area contributed by atoms with E-state index >= 15 is 0 Å². The van der Waals surface area contributed by atoms with Crippen LogP contribution in [-0.2, 0) is 0 Å². The lowest BCUT2D eigenvalue weighted by Gasteiger charge is -2.22. The maximum Gasteiger partial charge on any atom is 0.200 e. The molecule has 0 radical (unpaired) electrons. The molecule has 0 unspecified atom stereocenters. The minimum atomic E-state index is 0.878. The number of hydrogen-bond acceptors (Lipinski definition) is 1. The van der Waals surface area contributed by atoms with Gasteiger partial charge < -0.3 is 9.80 Å². The molecule has 0 N–H and O–H groups in total. The predicted octanol–water partition coefficient (Wildman–Crippen LogP) is 3.20. The molecule has 0 aromatic heterocycles. The van der Waals surface area contributed by atoms with Crippen molar-refractivity contribution in [3.8, 4) is 11.8 Å². The highest BCUT2D eigenvalue weighted by Crippen LogP contribution is 2.18. The molecule has 0 aliphatic heterocycles. The van der Waals surface area contributed by atoms with E-state index in [0.717, 1.165) is 22.8 Å². The number of rotatable bonds is 1. The van der Waals surface area contributed by atoms with Crippen LogP contribution in [0.3, 0.4) is 0 Å². The Labute approximate surface area is 132 Å². The first-order valence-corrected chi connectivity index (χ1v) is 7.17. The molecule has 0 saturated heterocycles. The van der Waals surface area contributed by atoms with Crippen molar-refractivity contribution < 1.29 is 0 Å². The second-order valence-corrected chi connectivity index (χ2v) is 5.33. The van der Waals surface area contributed by atoms with Crippen molar-refractivity contribution in [3.63, 3.8) is 0 Å². The minimum absolute atomic E-state index is 0.878. The number of guanidine groups is 1. The molecule has 3 nitrogen and oxygen atoms in total. The molecule has 0 fully saturated rings. The van der Waals surface area contributed by atoms with Gasteiger partial charge in [0.2, 0.25) is 5.96 Å². The molecule has 2 aromatic rings. The molecular formula is C19H21N3. The van der Waals surface area contributed by atoms with E-state index in [1.807, 2.05) is 92.6 Å². The zero-order valence-corrected chi connectivity index (χ0v) is 13.5. The fourth-order valence-electron chi connectivity index (χ4n) is 2.05. The lowest BCUT2D eigenvalue weighted by Crippen LogP contribution is -2.35. The summed E-state index contributed by atoms with van der Waals surface area (Å²) in [6, 6.07) is 17.9. The van der Waals surface area contributed by atoms with Crippen molar-refractivity contribution in [2.24, 2.45) is 4.99 Å². The maximum absolute atomic E-state index is 4.74. The Morgan fingerprint density at radius 3 is 2.00 bits per heavy atom. The summed E-state index contributed by atoms with van der Waals surface area (Å²) in [7, 11) is 7.93. The van der Waals surface area contributed by atoms with Gasteiger partial charge in [0.25, 0.3) is 0 Å². The van der Waals surface area contributed by atoms with E-state index in [0.29, 0.717) is 0 Å². The molecular weight excluding hydrogens is 270 g/mol. The Morgan fingerprint density at radius 1 is 0.773 bits per heavy atom. The summed E-state index contributed by atoms with van der Waals surface area (Å²) in [6.07, 6.45) is 0. The topological polar surface area (TPSA) is 18.8 Å². The lowest BCUT2D eigenvalue weighted by atomic mass is 10.1. The van der Waals surface area contributed by atoms with Gasteiger partial charge in [0.1, 0.15) is 0 Å². The third-order valence-corrected chi connectivity index (χ3v) is 3.04. The first-order valence-electron chi connectivity index (χ1n) is 7.17. The standard InChI is InChI=1S/C19H21N3/c1-21(2)19(22(3)4)20-18-13-9-8-12-17(18)15-14-16-10-6-5-7-11-16/h5-13H,1-4H3. The van der Waals surface area contributed by atoms with Crippen LogP contribution in [0.4, 0.5) is 5.69 Å². The number of benzene rings is 2. The summed E-state index contributed by atoms with van der Waals surface area (Å²) >= 11 is 0. The number of hydrogen-bond donors (Lipinski definition) is 0. The van der Waals surface area contributed by atoms with Crippen LogP contribution < -0.4 is 0 Å². The Bertz CT molecular complexity index is 694. The van der Waals surface area contributed by atoms with E-state index in [1.165, 1.54) is 0 Å². The Balaban J connectivity index is 2.40. The molecule has 2 aromatic carbocycles. The second kappa shape index (κ2) is 7.33. The van der Waals surface area contributed by atoms with Crippen molar-refractivity contribution >= 4 is 11.6 Å². The summed E-state index contributed by atoms with van der Waals surface area (Å²) in [5.74, 6) is 7.29. The van der Waals surface area contributed by atoms with Crippen LogP contribution in [0.25, 0.3) is 0 Å². The van der Waals surface area contributed by atoms with Crippen LogP contribution in [0.2, 0.25) is 0 Å². The molecule has 0 saturated carbocycles. The first-order chi connectivity index (χ1) is 10.6. The molecule has 0 bridgehead atoms. The second-order valence-electron chi connectivity index (χ2n) is 5.33. The predicted molar refractivity (Wildman–Crippen MR) is 93.3 cm³/mol. The van der Waals surface area contributed by atoms with Gasteiger partial charge in [0, 0.05) is 33.8 Å². The van der Waals surface area contributed by atoms with Gasteiger partial charge in [0.05, 0.1) is 11.3 Å². The normalized spacial score (nSPS) is 9.45. The van der Waals surface area contributed by atoms with Crippen molar-refractivity contribution in [1.82, 2.24) is 9.80 Å². The Morgan fingerprint density at radius 2 is 1.36 bits per heavy atom. The summed E-state index contributed by atoms with van der Waals surface area (Å²) in [4.78, 5) is 8.71. The third-order valence-electron chi connectivity index (χ3n) is 3.04. The molecule has 3 heteroatoms. The van der Waals surface area contributed by atoms with E-state index in [4.69, 9.17) is 4.99 Å². The van der Waals surface area contributed by atoms with Gasteiger partial charge in [-0.05, 0) is 24.3 Å². The maximum atomic E-state index is 4.74. The smallest absolute Gasteiger partial charge is 0.200 e. The minimum Gasteiger partial charge on any atom is -0.349 e. The fraction of sp³-hybridized carbons (Fsp3) is 0.211. The van der Waals surface area contributed by atoms with E-state index in [9.17, 15) is 0 Å². The quantitative estimate of drug-likeness (QED) is 0.456. The van der Waals surface area contributed by atoms with Crippen LogP contribution in [0, 0.1) is 11.8 Å². The number of nitrogens with zero attached hydrogens (tertiary/aromatic N) is 3. The summed E-state index contributed by atoms with van der Waals surface area (Å²) in [5.41, 5.74) is 2.80. The highest BCUT2D eigenvalue weighted by atomic mass is 15.3. The van der Waals surface area contributed by atoms with Crippen molar-refractivity contribution in [2.45, 2.75) is 0 Å². The highest BCUT2D eigenvalue weighted by molar-refractivity contribution is 5.83. The Kier molecular flexibility index (Phi) is 5.21. The van der Waals surface area contributed by atoms with Gasteiger partial charge in [-0.1, -0.05) is 42.2 Å². The van der Waals surface area contributed by atoms with Gasteiger partial charge in [-0.3, -0.25) is 0 Å². The van der Waals surface area contributed by atoms with Crippen LogP contribution in [0.15, 0.2) is 59.6 Å². The van der Waals surface area contributed by atoms with E-state index in [-0.39, 0.29) is 0 Å².